The summed E-state index contributed by atoms with van der Waals surface area (Å²) in [4.78, 5) is 35.3. The molecule has 2 N–H and O–H groups in total. The summed E-state index contributed by atoms with van der Waals surface area (Å²) in [5, 5.41) is 10.8. The third-order valence-electron chi connectivity index (χ3n) is 3.18. The summed E-state index contributed by atoms with van der Waals surface area (Å²) in [6, 6.07) is -0.315. The summed E-state index contributed by atoms with van der Waals surface area (Å²) in [6.07, 6.45) is 5.45. The maximum atomic E-state index is 11.8. The second-order valence-electron chi connectivity index (χ2n) is 4.86. The number of aliphatic carboxylic acids is 1. The molecular weight excluding hydrogens is 248 g/mol. The van der Waals surface area contributed by atoms with Crippen molar-refractivity contribution in [2.45, 2.75) is 51.4 Å². The number of carboxylic acid groups (broad SMARTS) is 1. The Morgan fingerprint density at radius 3 is 2.11 bits per heavy atom. The number of imide groups is 1. The normalized spacial score (nSPS) is 15.7. The van der Waals surface area contributed by atoms with E-state index in [2.05, 4.69) is 5.32 Å². The van der Waals surface area contributed by atoms with Crippen molar-refractivity contribution in [1.29, 1.82) is 0 Å². The molecule has 1 rings (SSSR count). The van der Waals surface area contributed by atoms with Crippen LogP contribution in [0, 0.1) is 0 Å². The number of nitrogens with zero attached hydrogens (tertiary/aromatic N) is 1. The van der Waals surface area contributed by atoms with Gasteiger partial charge < -0.3 is 10.0 Å². The largest absolute Gasteiger partial charge is 0.481 e. The van der Waals surface area contributed by atoms with Crippen LogP contribution < -0.4 is 5.32 Å². The Bertz CT molecular complexity index is 323. The van der Waals surface area contributed by atoms with Crippen molar-refractivity contribution in [3.63, 3.8) is 0 Å². The fourth-order valence-corrected chi connectivity index (χ4v) is 2.10. The Morgan fingerprint density at radius 2 is 1.53 bits per heavy atom. The molecule has 1 fully saturated rings. The van der Waals surface area contributed by atoms with Crippen LogP contribution in [-0.4, -0.2) is 41.0 Å². The molecule has 19 heavy (non-hydrogen) atoms. The number of likely N-dealkylation sites (tertiary alicyclic amines) is 1. The van der Waals surface area contributed by atoms with Crippen LogP contribution in [0.5, 0.6) is 0 Å². The SMILES string of the molecule is O=C(O)CCCCC(=O)NC(=O)N1CCCCCC1. The first kappa shape index (κ1) is 15.5. The minimum atomic E-state index is -0.860. The van der Waals surface area contributed by atoms with Crippen LogP contribution in [0.25, 0.3) is 0 Å². The Morgan fingerprint density at radius 1 is 0.947 bits per heavy atom. The highest BCUT2D eigenvalue weighted by molar-refractivity contribution is 5.94. The summed E-state index contributed by atoms with van der Waals surface area (Å²) in [7, 11) is 0. The van der Waals surface area contributed by atoms with Crippen LogP contribution in [0.1, 0.15) is 51.4 Å². The van der Waals surface area contributed by atoms with E-state index in [1.807, 2.05) is 0 Å². The van der Waals surface area contributed by atoms with Gasteiger partial charge in [-0.05, 0) is 25.7 Å². The van der Waals surface area contributed by atoms with Crippen molar-refractivity contribution in [3.05, 3.63) is 0 Å². The summed E-state index contributed by atoms with van der Waals surface area (Å²) in [5.41, 5.74) is 0. The predicted molar refractivity (Wildman–Crippen MR) is 69.7 cm³/mol. The Balaban J connectivity index is 2.19. The number of rotatable bonds is 5. The first-order valence-corrected chi connectivity index (χ1v) is 6.90. The van der Waals surface area contributed by atoms with Crippen LogP contribution >= 0.6 is 0 Å². The molecule has 0 radical (unpaired) electrons. The van der Waals surface area contributed by atoms with Crippen molar-refractivity contribution in [1.82, 2.24) is 10.2 Å². The van der Waals surface area contributed by atoms with Crippen molar-refractivity contribution in [3.8, 4) is 0 Å². The number of hydrogen-bond acceptors (Lipinski definition) is 3. The van der Waals surface area contributed by atoms with Crippen LogP contribution in [0.15, 0.2) is 0 Å². The minimum absolute atomic E-state index is 0.0628. The van der Waals surface area contributed by atoms with Gasteiger partial charge in [-0.2, -0.15) is 0 Å². The molecule has 6 heteroatoms. The molecule has 1 heterocycles. The zero-order valence-electron chi connectivity index (χ0n) is 11.2. The van der Waals surface area contributed by atoms with E-state index in [1.165, 1.54) is 0 Å². The highest BCUT2D eigenvalue weighted by atomic mass is 16.4. The van der Waals surface area contributed by atoms with Gasteiger partial charge in [-0.25, -0.2) is 4.79 Å². The lowest BCUT2D eigenvalue weighted by atomic mass is 10.2. The van der Waals surface area contributed by atoms with E-state index < -0.39 is 5.97 Å². The molecule has 0 unspecified atom stereocenters. The first-order chi connectivity index (χ1) is 9.09. The average Bonchev–Trinajstić information content (AvgIpc) is 2.63. The van der Waals surface area contributed by atoms with Crippen molar-refractivity contribution < 1.29 is 19.5 Å². The Labute approximate surface area is 113 Å². The second kappa shape index (κ2) is 8.50. The number of nitrogens with one attached hydrogen (secondary N) is 1. The third-order valence-corrected chi connectivity index (χ3v) is 3.18. The number of hydrogen-bond donors (Lipinski definition) is 2. The molecule has 0 saturated carbocycles. The highest BCUT2D eigenvalue weighted by Crippen LogP contribution is 2.09. The van der Waals surface area contributed by atoms with Crippen molar-refractivity contribution >= 4 is 17.9 Å². The van der Waals surface area contributed by atoms with E-state index in [9.17, 15) is 14.4 Å². The molecule has 1 aliphatic rings. The molecule has 0 atom stereocenters. The van der Waals surface area contributed by atoms with Crippen LogP contribution in [0.4, 0.5) is 4.79 Å². The van der Waals surface area contributed by atoms with Crippen LogP contribution in [0.2, 0.25) is 0 Å². The number of unbranched alkanes of at least 4 members (excludes halogenated alkanes) is 1. The predicted octanol–water partition coefficient (Wildman–Crippen LogP) is 1.74. The second-order valence-corrected chi connectivity index (χ2v) is 4.86. The Kier molecular flexibility index (Phi) is 6.92. The molecule has 0 aromatic rings. The first-order valence-electron chi connectivity index (χ1n) is 6.90. The van der Waals surface area contributed by atoms with E-state index in [1.54, 1.807) is 4.90 Å². The van der Waals surface area contributed by atoms with E-state index in [4.69, 9.17) is 5.11 Å². The number of carboxylic acids is 1. The number of carbonyl (C=O) groups excluding carboxylic acids is 2. The molecule has 0 spiro atoms. The third kappa shape index (κ3) is 6.79. The maximum absolute atomic E-state index is 11.8. The summed E-state index contributed by atoms with van der Waals surface area (Å²) >= 11 is 0. The monoisotopic (exact) mass is 270 g/mol. The molecule has 108 valence electrons. The molecule has 0 aromatic heterocycles. The lowest BCUT2D eigenvalue weighted by Crippen LogP contribution is -2.43. The van der Waals surface area contributed by atoms with Gasteiger partial charge in [0, 0.05) is 25.9 Å². The maximum Gasteiger partial charge on any atom is 0.324 e. The molecule has 1 aliphatic heterocycles. The van der Waals surface area contributed by atoms with E-state index in [-0.39, 0.29) is 24.8 Å². The van der Waals surface area contributed by atoms with Crippen molar-refractivity contribution in [2.75, 3.05) is 13.1 Å². The fraction of sp³-hybridized carbons (Fsp3) is 0.769. The van der Waals surface area contributed by atoms with Gasteiger partial charge in [0.15, 0.2) is 0 Å². The zero-order valence-corrected chi connectivity index (χ0v) is 11.2. The lowest BCUT2D eigenvalue weighted by Gasteiger charge is -2.20. The van der Waals surface area contributed by atoms with E-state index in [0.29, 0.717) is 25.9 Å². The zero-order chi connectivity index (χ0) is 14.1. The average molecular weight is 270 g/mol. The van der Waals surface area contributed by atoms with Gasteiger partial charge in [-0.3, -0.25) is 14.9 Å². The summed E-state index contributed by atoms with van der Waals surface area (Å²) in [5.74, 6) is -1.18. The number of urea groups is 1. The van der Waals surface area contributed by atoms with Crippen molar-refractivity contribution in [2.24, 2.45) is 0 Å². The smallest absolute Gasteiger partial charge is 0.324 e. The van der Waals surface area contributed by atoms with Gasteiger partial charge in [0.2, 0.25) is 5.91 Å². The summed E-state index contributed by atoms with van der Waals surface area (Å²) < 4.78 is 0. The van der Waals surface area contributed by atoms with E-state index in [0.717, 1.165) is 25.7 Å². The molecule has 3 amide bonds. The van der Waals surface area contributed by atoms with Gasteiger partial charge in [-0.15, -0.1) is 0 Å². The number of amides is 3. The lowest BCUT2D eigenvalue weighted by molar-refractivity contribution is -0.137. The molecule has 0 bridgehead atoms. The quantitative estimate of drug-likeness (QED) is 0.745. The molecule has 0 aliphatic carbocycles. The molecule has 6 nitrogen and oxygen atoms in total. The molecular formula is C13H22N2O4. The van der Waals surface area contributed by atoms with Gasteiger partial charge in [0.25, 0.3) is 0 Å². The standard InChI is InChI=1S/C13H22N2O4/c16-11(7-3-4-8-12(17)18)14-13(19)15-9-5-1-2-6-10-15/h1-10H2,(H,17,18)(H,14,16,19). The van der Waals surface area contributed by atoms with Gasteiger partial charge in [0.1, 0.15) is 0 Å². The minimum Gasteiger partial charge on any atom is -0.481 e. The fourth-order valence-electron chi connectivity index (χ4n) is 2.10. The number of carbonyl (C=O) groups is 3. The molecule has 1 saturated heterocycles. The van der Waals surface area contributed by atoms with Gasteiger partial charge in [-0.1, -0.05) is 12.8 Å². The van der Waals surface area contributed by atoms with Gasteiger partial charge >= 0.3 is 12.0 Å². The Hall–Kier alpha value is -1.59. The molecule has 0 aromatic carbocycles. The highest BCUT2D eigenvalue weighted by Gasteiger charge is 2.17. The van der Waals surface area contributed by atoms with Crippen LogP contribution in [0.3, 0.4) is 0 Å². The van der Waals surface area contributed by atoms with Gasteiger partial charge in [0.05, 0.1) is 0 Å². The van der Waals surface area contributed by atoms with Crippen LogP contribution in [-0.2, 0) is 9.59 Å². The topological polar surface area (TPSA) is 86.7 Å². The van der Waals surface area contributed by atoms with E-state index >= 15 is 0 Å². The summed E-state index contributed by atoms with van der Waals surface area (Å²) in [6.45, 7) is 1.41.